The lowest BCUT2D eigenvalue weighted by molar-refractivity contribution is -0.385. The van der Waals surface area contributed by atoms with E-state index in [-0.39, 0.29) is 59.1 Å². The SMILES string of the molecule is COc1cccc2c1C(=O)c1c(O)c3c(c(O)c1C2=O)CC(O)(C(C)=O)CC3OC1CC(NCc2ccccc2[N+](=O)[O-])C(O)C(C)O1.Cl. The number of hydrogen-bond acceptors (Lipinski definition) is 13. The number of carbonyl (C=O) groups is 3. The number of fused-ring (bicyclic) bond motifs is 3. The van der Waals surface area contributed by atoms with Crippen molar-refractivity contribution < 1.29 is 53.9 Å². The van der Waals surface area contributed by atoms with Gasteiger partial charge in [-0.15, -0.1) is 12.4 Å². The van der Waals surface area contributed by atoms with Crippen LogP contribution in [0.4, 0.5) is 5.69 Å². The van der Waals surface area contributed by atoms with E-state index in [1.807, 2.05) is 0 Å². The molecule has 3 aliphatic rings. The standard InChI is InChI=1S/C34H34N2O12.ClH/c1-15-29(38)20(35-14-17-7-4-5-9-21(17)36(44)45)11-24(47-15)48-23-13-34(43,16(2)37)12-19-26(23)33(42)28-27(31(19)40)30(39)18-8-6-10-22(46-3)25(18)32(28)41;/h4-10,15,20,23-24,29,35,38,40,42-43H,11-14H2,1-3H3;1H. The second kappa shape index (κ2) is 13.5. The second-order valence-corrected chi connectivity index (χ2v) is 12.3. The number of aliphatic hydroxyl groups is 2. The third-order valence-electron chi connectivity index (χ3n) is 9.50. The lowest BCUT2D eigenvalue weighted by atomic mass is 9.72. The normalized spacial score (nSPS) is 25.8. The van der Waals surface area contributed by atoms with Gasteiger partial charge in [-0.1, -0.05) is 30.3 Å². The van der Waals surface area contributed by atoms with E-state index in [0.717, 1.165) is 6.92 Å². The van der Waals surface area contributed by atoms with Gasteiger partial charge in [-0.05, 0) is 19.9 Å². The molecule has 6 unspecified atom stereocenters. The average molecular weight is 699 g/mol. The molecular weight excluding hydrogens is 664 g/mol. The number of ketones is 3. The highest BCUT2D eigenvalue weighted by Crippen LogP contribution is 2.52. The van der Waals surface area contributed by atoms with E-state index in [9.17, 15) is 44.9 Å². The van der Waals surface area contributed by atoms with Crippen molar-refractivity contribution in [2.45, 2.75) is 75.9 Å². The van der Waals surface area contributed by atoms with Gasteiger partial charge in [-0.3, -0.25) is 24.5 Å². The first-order valence-corrected chi connectivity index (χ1v) is 15.3. The molecule has 14 nitrogen and oxygen atoms in total. The zero-order chi connectivity index (χ0) is 34.7. The number of aliphatic hydroxyl groups excluding tert-OH is 1. The van der Waals surface area contributed by atoms with Crippen LogP contribution in [0.2, 0.25) is 0 Å². The molecule has 0 aromatic heterocycles. The Bertz CT molecular complexity index is 1860. The quantitative estimate of drug-likeness (QED) is 0.102. The molecule has 0 spiro atoms. The minimum Gasteiger partial charge on any atom is -0.507 e. The number of methoxy groups -OCH3 is 1. The number of nitrogens with zero attached hydrogens (tertiary/aromatic N) is 1. The first-order valence-electron chi connectivity index (χ1n) is 15.3. The minimum atomic E-state index is -2.08. The molecule has 0 radical (unpaired) electrons. The van der Waals surface area contributed by atoms with Crippen LogP contribution in [0.1, 0.15) is 81.3 Å². The number of nitrogens with one attached hydrogen (secondary N) is 1. The Morgan fingerprint density at radius 1 is 1.08 bits per heavy atom. The van der Waals surface area contributed by atoms with Gasteiger partial charge in [0.25, 0.3) is 5.69 Å². The Kier molecular flexibility index (Phi) is 9.85. The molecule has 1 fully saturated rings. The van der Waals surface area contributed by atoms with E-state index in [1.165, 1.54) is 31.4 Å². The third-order valence-corrected chi connectivity index (χ3v) is 9.50. The van der Waals surface area contributed by atoms with Gasteiger partial charge in [0.2, 0.25) is 5.78 Å². The fourth-order valence-electron chi connectivity index (χ4n) is 6.91. The molecule has 3 aromatic rings. The van der Waals surface area contributed by atoms with Crippen molar-refractivity contribution in [3.8, 4) is 17.2 Å². The van der Waals surface area contributed by atoms with Crippen molar-refractivity contribution >= 4 is 35.4 Å². The van der Waals surface area contributed by atoms with Gasteiger partial charge in [0, 0.05) is 60.2 Å². The summed E-state index contributed by atoms with van der Waals surface area (Å²) in [5.41, 5.74) is -3.08. The van der Waals surface area contributed by atoms with E-state index >= 15 is 0 Å². The number of nitro groups is 1. The molecule has 1 aliphatic heterocycles. The molecule has 6 atom stereocenters. The van der Waals surface area contributed by atoms with Crippen LogP contribution in [0.5, 0.6) is 17.2 Å². The van der Waals surface area contributed by atoms with Crippen LogP contribution in [0.15, 0.2) is 42.5 Å². The van der Waals surface area contributed by atoms with Crippen molar-refractivity contribution in [2.24, 2.45) is 0 Å². The number of aromatic hydroxyl groups is 2. The topological polar surface area (TPSA) is 215 Å². The van der Waals surface area contributed by atoms with Gasteiger partial charge in [0.1, 0.15) is 22.8 Å². The molecule has 0 saturated carbocycles. The van der Waals surface area contributed by atoms with Gasteiger partial charge in [0.15, 0.2) is 17.9 Å². The van der Waals surface area contributed by atoms with E-state index in [0.29, 0.717) is 5.56 Å². The van der Waals surface area contributed by atoms with Crippen LogP contribution >= 0.6 is 12.4 Å². The van der Waals surface area contributed by atoms with Crippen molar-refractivity contribution in [3.05, 3.63) is 91.5 Å². The summed E-state index contributed by atoms with van der Waals surface area (Å²) in [6.07, 6.45) is -5.18. The van der Waals surface area contributed by atoms with Gasteiger partial charge < -0.3 is 40.0 Å². The van der Waals surface area contributed by atoms with Gasteiger partial charge >= 0.3 is 0 Å². The van der Waals surface area contributed by atoms with Crippen molar-refractivity contribution in [3.63, 3.8) is 0 Å². The molecule has 3 aromatic carbocycles. The van der Waals surface area contributed by atoms with Gasteiger partial charge in [-0.25, -0.2) is 0 Å². The highest BCUT2D eigenvalue weighted by molar-refractivity contribution is 6.31. The highest BCUT2D eigenvalue weighted by atomic mass is 35.5. The van der Waals surface area contributed by atoms with Crippen molar-refractivity contribution in [1.29, 1.82) is 0 Å². The Morgan fingerprint density at radius 3 is 2.45 bits per heavy atom. The fourth-order valence-corrected chi connectivity index (χ4v) is 6.91. The number of para-hydroxylation sites is 1. The van der Waals surface area contributed by atoms with Crippen molar-refractivity contribution in [1.82, 2.24) is 5.32 Å². The number of ether oxygens (including phenoxy) is 3. The molecule has 49 heavy (non-hydrogen) atoms. The molecule has 5 N–H and O–H groups in total. The number of phenols is 2. The second-order valence-electron chi connectivity index (χ2n) is 12.3. The van der Waals surface area contributed by atoms with Crippen LogP contribution in [-0.4, -0.2) is 79.9 Å². The maximum Gasteiger partial charge on any atom is 0.273 e. The summed E-state index contributed by atoms with van der Waals surface area (Å²) in [5, 5.41) is 60.2. The Hall–Kier alpha value is -4.44. The van der Waals surface area contributed by atoms with Crippen LogP contribution in [0, 0.1) is 10.1 Å². The Labute approximate surface area is 286 Å². The summed E-state index contributed by atoms with van der Waals surface area (Å²) < 4.78 is 17.5. The average Bonchev–Trinajstić information content (AvgIpc) is 3.05. The number of hydrogen-bond donors (Lipinski definition) is 5. The number of Topliss-reactive ketones (excluding diaryl/α,β-unsaturated/α-hetero) is 1. The fraction of sp³-hybridized carbons (Fsp3) is 0.382. The van der Waals surface area contributed by atoms with Gasteiger partial charge in [-0.2, -0.15) is 0 Å². The predicted molar refractivity (Wildman–Crippen MR) is 173 cm³/mol. The summed E-state index contributed by atoms with van der Waals surface area (Å²) in [7, 11) is 1.32. The maximum absolute atomic E-state index is 13.9. The van der Waals surface area contributed by atoms with E-state index in [4.69, 9.17) is 14.2 Å². The van der Waals surface area contributed by atoms with E-state index in [2.05, 4.69) is 5.32 Å². The van der Waals surface area contributed by atoms with Crippen LogP contribution in [0.3, 0.4) is 0 Å². The minimum absolute atomic E-state index is 0. The predicted octanol–water partition coefficient (Wildman–Crippen LogP) is 3.19. The van der Waals surface area contributed by atoms with Crippen molar-refractivity contribution in [2.75, 3.05) is 7.11 Å². The summed E-state index contributed by atoms with van der Waals surface area (Å²) in [5.74, 6) is -3.42. The zero-order valence-corrected chi connectivity index (χ0v) is 27.5. The van der Waals surface area contributed by atoms with Crippen LogP contribution in [0.25, 0.3) is 0 Å². The number of carbonyl (C=O) groups excluding carboxylic acids is 3. The molecule has 1 heterocycles. The van der Waals surface area contributed by atoms with Crippen LogP contribution in [-0.2, 0) is 27.2 Å². The molecule has 2 aliphatic carbocycles. The summed E-state index contributed by atoms with van der Waals surface area (Å²) in [4.78, 5) is 51.3. The first kappa shape index (κ1) is 35.9. The highest BCUT2D eigenvalue weighted by Gasteiger charge is 2.49. The summed E-state index contributed by atoms with van der Waals surface area (Å²) in [6, 6.07) is 9.86. The first-order chi connectivity index (χ1) is 22.8. The lowest BCUT2D eigenvalue weighted by Crippen LogP contribution is -2.54. The molecule has 0 amide bonds. The molecule has 0 bridgehead atoms. The summed E-state index contributed by atoms with van der Waals surface area (Å²) in [6.45, 7) is 2.79. The molecular formula is C34H35ClN2O12. The lowest BCUT2D eigenvalue weighted by Gasteiger charge is -2.43. The Balaban J connectivity index is 0.00000468. The summed E-state index contributed by atoms with van der Waals surface area (Å²) >= 11 is 0. The van der Waals surface area contributed by atoms with Crippen LogP contribution < -0.4 is 10.1 Å². The van der Waals surface area contributed by atoms with E-state index < -0.39 is 94.0 Å². The third kappa shape index (κ3) is 6.05. The number of halogens is 1. The zero-order valence-electron chi connectivity index (χ0n) is 26.7. The maximum atomic E-state index is 13.9. The Morgan fingerprint density at radius 2 is 1.78 bits per heavy atom. The molecule has 15 heteroatoms. The largest absolute Gasteiger partial charge is 0.507 e. The molecule has 6 rings (SSSR count). The monoisotopic (exact) mass is 698 g/mol. The van der Waals surface area contributed by atoms with Gasteiger partial charge in [0.05, 0.1) is 47.0 Å². The number of nitro benzene ring substituents is 1. The molecule has 260 valence electrons. The number of benzene rings is 3. The molecule has 1 saturated heterocycles. The van der Waals surface area contributed by atoms with E-state index in [1.54, 1.807) is 25.1 Å². The smallest absolute Gasteiger partial charge is 0.273 e. The number of rotatable bonds is 8. The number of phenolic OH excluding ortho intramolecular Hbond substituents is 2.